The van der Waals surface area contributed by atoms with Gasteiger partial charge in [0, 0.05) is 37.3 Å². The van der Waals surface area contributed by atoms with Gasteiger partial charge in [-0.05, 0) is 18.2 Å². The van der Waals surface area contributed by atoms with Crippen molar-refractivity contribution in [2.45, 2.75) is 31.9 Å². The Morgan fingerprint density at radius 1 is 1.26 bits per heavy atom. The second-order valence-electron chi connectivity index (χ2n) is 6.84. The maximum absolute atomic E-state index is 11.1. The van der Waals surface area contributed by atoms with Crippen LogP contribution in [0.15, 0.2) is 53.1 Å². The van der Waals surface area contributed by atoms with Crippen LogP contribution in [0.25, 0.3) is 28.1 Å². The predicted octanol–water partition coefficient (Wildman–Crippen LogP) is 3.19. The SMILES string of the molecule is CC(=O)NC1CC(Oc2ccc3ncc(-c4cc5ccccc5o4)n3n2)C1. The van der Waals surface area contributed by atoms with Gasteiger partial charge in [0.2, 0.25) is 11.8 Å². The Labute approximate surface area is 154 Å². The standard InChI is InChI=1S/C20H18N4O3/c1-12(25)22-14-9-15(10-14)26-20-7-6-19-21-11-16(24(19)23-20)18-8-13-4-2-3-5-17(13)27-18/h2-8,11,14-15H,9-10H2,1H3,(H,22,25). The lowest BCUT2D eigenvalue weighted by atomic mass is 9.89. The molecule has 3 aromatic heterocycles. The number of para-hydroxylation sites is 1. The van der Waals surface area contributed by atoms with E-state index in [0.29, 0.717) is 11.6 Å². The van der Waals surface area contributed by atoms with Crippen LogP contribution in [0, 0.1) is 0 Å². The van der Waals surface area contributed by atoms with Crippen molar-refractivity contribution in [1.29, 1.82) is 0 Å². The molecule has 1 fully saturated rings. The first-order valence-corrected chi connectivity index (χ1v) is 8.93. The van der Waals surface area contributed by atoms with Crippen LogP contribution < -0.4 is 10.1 Å². The molecule has 0 radical (unpaired) electrons. The first-order valence-electron chi connectivity index (χ1n) is 8.93. The van der Waals surface area contributed by atoms with Crippen molar-refractivity contribution in [1.82, 2.24) is 19.9 Å². The zero-order valence-corrected chi connectivity index (χ0v) is 14.8. The Balaban J connectivity index is 1.40. The number of ether oxygens (including phenoxy) is 1. The van der Waals surface area contributed by atoms with Gasteiger partial charge in [0.1, 0.15) is 17.4 Å². The van der Waals surface area contributed by atoms with E-state index in [1.807, 2.05) is 42.5 Å². The van der Waals surface area contributed by atoms with Gasteiger partial charge in [0.15, 0.2) is 11.4 Å². The molecule has 5 rings (SSSR count). The minimum Gasteiger partial charge on any atom is -0.473 e. The molecule has 1 amide bonds. The van der Waals surface area contributed by atoms with E-state index in [0.717, 1.165) is 35.2 Å². The molecular weight excluding hydrogens is 344 g/mol. The zero-order valence-electron chi connectivity index (χ0n) is 14.8. The number of aromatic nitrogens is 3. The number of rotatable bonds is 4. The van der Waals surface area contributed by atoms with Gasteiger partial charge in [-0.2, -0.15) is 0 Å². The molecular formula is C20H18N4O3. The maximum Gasteiger partial charge on any atom is 0.232 e. The van der Waals surface area contributed by atoms with E-state index < -0.39 is 0 Å². The van der Waals surface area contributed by atoms with Crippen LogP contribution in [0.1, 0.15) is 19.8 Å². The molecule has 1 aromatic carbocycles. The highest BCUT2D eigenvalue weighted by Crippen LogP contribution is 2.29. The summed E-state index contributed by atoms with van der Waals surface area (Å²) in [6.07, 6.45) is 3.39. The lowest BCUT2D eigenvalue weighted by Gasteiger charge is -2.35. The van der Waals surface area contributed by atoms with Crippen LogP contribution >= 0.6 is 0 Å². The number of fused-ring (bicyclic) bond motifs is 2. The maximum atomic E-state index is 11.1. The highest BCUT2D eigenvalue weighted by molar-refractivity contribution is 5.82. The highest BCUT2D eigenvalue weighted by atomic mass is 16.5. The van der Waals surface area contributed by atoms with Gasteiger partial charge in [0.25, 0.3) is 0 Å². The van der Waals surface area contributed by atoms with Crippen LogP contribution in [0.3, 0.4) is 0 Å². The Morgan fingerprint density at radius 3 is 2.93 bits per heavy atom. The van der Waals surface area contributed by atoms with E-state index >= 15 is 0 Å². The number of amides is 1. The number of hydrogen-bond donors (Lipinski definition) is 1. The highest BCUT2D eigenvalue weighted by Gasteiger charge is 2.31. The van der Waals surface area contributed by atoms with Gasteiger partial charge in [-0.25, -0.2) is 9.50 Å². The minimum atomic E-state index is -0.00751. The summed E-state index contributed by atoms with van der Waals surface area (Å²) in [5.41, 5.74) is 2.33. The summed E-state index contributed by atoms with van der Waals surface area (Å²) in [6, 6.07) is 13.7. The molecule has 0 aliphatic heterocycles. The molecule has 0 spiro atoms. The van der Waals surface area contributed by atoms with Gasteiger partial charge >= 0.3 is 0 Å². The van der Waals surface area contributed by atoms with Crippen molar-refractivity contribution in [3.05, 3.63) is 48.7 Å². The van der Waals surface area contributed by atoms with E-state index in [9.17, 15) is 4.79 Å². The molecule has 0 unspecified atom stereocenters. The number of benzene rings is 1. The summed E-state index contributed by atoms with van der Waals surface area (Å²) in [4.78, 5) is 15.5. The molecule has 0 bridgehead atoms. The van der Waals surface area contributed by atoms with Gasteiger partial charge in [-0.15, -0.1) is 5.10 Å². The molecule has 3 heterocycles. The summed E-state index contributed by atoms with van der Waals surface area (Å²) in [6.45, 7) is 1.53. The van der Waals surface area contributed by atoms with Crippen molar-refractivity contribution in [2.75, 3.05) is 0 Å². The smallest absolute Gasteiger partial charge is 0.232 e. The molecule has 4 aromatic rings. The van der Waals surface area contributed by atoms with Gasteiger partial charge < -0.3 is 14.5 Å². The quantitative estimate of drug-likeness (QED) is 0.603. The third-order valence-electron chi connectivity index (χ3n) is 4.81. The molecule has 7 heteroatoms. The molecule has 1 aliphatic rings. The van der Waals surface area contributed by atoms with Crippen molar-refractivity contribution in [3.8, 4) is 17.3 Å². The minimum absolute atomic E-state index is 0.00751. The van der Waals surface area contributed by atoms with Crippen LogP contribution in [-0.4, -0.2) is 32.7 Å². The fourth-order valence-electron chi connectivity index (χ4n) is 3.43. The van der Waals surface area contributed by atoms with Crippen LogP contribution in [0.5, 0.6) is 5.88 Å². The summed E-state index contributed by atoms with van der Waals surface area (Å²) >= 11 is 0. The number of nitrogens with zero attached hydrogens (tertiary/aromatic N) is 3. The van der Waals surface area contributed by atoms with Crippen molar-refractivity contribution in [2.24, 2.45) is 0 Å². The number of nitrogens with one attached hydrogen (secondary N) is 1. The van der Waals surface area contributed by atoms with Crippen molar-refractivity contribution in [3.63, 3.8) is 0 Å². The largest absolute Gasteiger partial charge is 0.473 e. The molecule has 0 saturated heterocycles. The summed E-state index contributed by atoms with van der Waals surface area (Å²) in [5, 5.41) is 8.51. The Hall–Kier alpha value is -3.35. The topological polar surface area (TPSA) is 81.7 Å². The Bertz CT molecular complexity index is 1110. The fourth-order valence-corrected chi connectivity index (χ4v) is 3.43. The van der Waals surface area contributed by atoms with E-state index in [1.54, 1.807) is 10.7 Å². The average Bonchev–Trinajstić information content (AvgIpc) is 3.22. The third-order valence-corrected chi connectivity index (χ3v) is 4.81. The molecule has 136 valence electrons. The summed E-state index contributed by atoms with van der Waals surface area (Å²) in [7, 11) is 0. The fraction of sp³-hybridized carbons (Fsp3) is 0.250. The second-order valence-corrected chi connectivity index (χ2v) is 6.84. The van der Waals surface area contributed by atoms with Gasteiger partial charge in [-0.3, -0.25) is 4.79 Å². The number of carbonyl (C=O) groups is 1. The van der Waals surface area contributed by atoms with Crippen LogP contribution in [0.4, 0.5) is 0 Å². The number of hydrogen-bond acceptors (Lipinski definition) is 5. The summed E-state index contributed by atoms with van der Waals surface area (Å²) in [5.74, 6) is 1.23. The Kier molecular flexibility index (Phi) is 3.60. The monoisotopic (exact) mass is 362 g/mol. The lowest BCUT2D eigenvalue weighted by molar-refractivity contribution is -0.120. The van der Waals surface area contributed by atoms with E-state index in [2.05, 4.69) is 15.4 Å². The van der Waals surface area contributed by atoms with Gasteiger partial charge in [0.05, 0.1) is 6.20 Å². The number of furan rings is 1. The van der Waals surface area contributed by atoms with E-state index in [1.165, 1.54) is 6.92 Å². The number of imidazole rings is 1. The molecule has 1 aliphatic carbocycles. The second kappa shape index (κ2) is 6.12. The molecule has 1 saturated carbocycles. The van der Waals surface area contributed by atoms with E-state index in [-0.39, 0.29) is 18.1 Å². The molecule has 7 nitrogen and oxygen atoms in total. The third kappa shape index (κ3) is 2.91. The Morgan fingerprint density at radius 2 is 2.11 bits per heavy atom. The first kappa shape index (κ1) is 15.9. The van der Waals surface area contributed by atoms with Gasteiger partial charge in [-0.1, -0.05) is 18.2 Å². The lowest BCUT2D eigenvalue weighted by Crippen LogP contribution is -2.48. The predicted molar refractivity (Wildman–Crippen MR) is 99.4 cm³/mol. The molecule has 27 heavy (non-hydrogen) atoms. The van der Waals surface area contributed by atoms with Crippen LogP contribution in [-0.2, 0) is 4.79 Å². The average molecular weight is 362 g/mol. The zero-order chi connectivity index (χ0) is 18.4. The number of carbonyl (C=O) groups excluding carboxylic acids is 1. The van der Waals surface area contributed by atoms with Crippen LogP contribution in [0.2, 0.25) is 0 Å². The molecule has 0 atom stereocenters. The summed E-state index contributed by atoms with van der Waals surface area (Å²) < 4.78 is 13.6. The van der Waals surface area contributed by atoms with E-state index in [4.69, 9.17) is 9.15 Å². The van der Waals surface area contributed by atoms with Crippen molar-refractivity contribution >= 4 is 22.5 Å². The normalized spacial score (nSPS) is 19.1. The first-order chi connectivity index (χ1) is 13.2. The molecule has 1 N–H and O–H groups in total. The van der Waals surface area contributed by atoms with Crippen molar-refractivity contribution < 1.29 is 13.9 Å².